The van der Waals surface area contributed by atoms with Crippen LogP contribution in [-0.4, -0.2) is 15.0 Å². The summed E-state index contributed by atoms with van der Waals surface area (Å²) in [7, 11) is 0. The SMILES string of the molecule is C1=C(c2nc(-c3ccc4ccccc4c3)nc(-c3ccc(-c4cccc5oc6ccc(-c7ccccc7)cc6c45)c4ccccc34)n2)c2oc3ccccc3c2CC1. The first-order chi connectivity index (χ1) is 28.7. The van der Waals surface area contributed by atoms with E-state index in [9.17, 15) is 0 Å². The Labute approximate surface area is 333 Å². The van der Waals surface area contributed by atoms with E-state index in [1.807, 2.05) is 18.2 Å². The molecule has 1 aliphatic carbocycles. The van der Waals surface area contributed by atoms with Crippen molar-refractivity contribution in [2.45, 2.75) is 12.8 Å². The van der Waals surface area contributed by atoms with Crippen LogP contribution in [0.15, 0.2) is 185 Å². The van der Waals surface area contributed by atoms with E-state index >= 15 is 0 Å². The quantitative estimate of drug-likeness (QED) is 0.176. The highest BCUT2D eigenvalue weighted by Crippen LogP contribution is 2.43. The lowest BCUT2D eigenvalue weighted by atomic mass is 9.91. The van der Waals surface area contributed by atoms with Crippen molar-refractivity contribution in [1.29, 1.82) is 0 Å². The van der Waals surface area contributed by atoms with Crippen molar-refractivity contribution in [1.82, 2.24) is 15.0 Å². The van der Waals surface area contributed by atoms with E-state index in [2.05, 4.69) is 158 Å². The number of aromatic nitrogens is 3. The van der Waals surface area contributed by atoms with E-state index in [0.29, 0.717) is 17.5 Å². The fraction of sp³-hybridized carbons (Fsp3) is 0.0377. The molecule has 0 saturated carbocycles. The van der Waals surface area contributed by atoms with Crippen LogP contribution in [0.1, 0.15) is 23.6 Å². The molecule has 5 heteroatoms. The number of fused-ring (bicyclic) bond motifs is 8. The van der Waals surface area contributed by atoms with Crippen molar-refractivity contribution >= 4 is 60.0 Å². The smallest absolute Gasteiger partial charge is 0.167 e. The number of hydrogen-bond acceptors (Lipinski definition) is 5. The molecule has 3 aromatic heterocycles. The van der Waals surface area contributed by atoms with E-state index in [4.69, 9.17) is 23.8 Å². The van der Waals surface area contributed by atoms with Gasteiger partial charge in [0.05, 0.1) is 5.57 Å². The summed E-state index contributed by atoms with van der Waals surface area (Å²) >= 11 is 0. The van der Waals surface area contributed by atoms with Gasteiger partial charge in [-0.3, -0.25) is 0 Å². The molecule has 0 bridgehead atoms. The van der Waals surface area contributed by atoms with E-state index in [-0.39, 0.29) is 0 Å². The van der Waals surface area contributed by atoms with Gasteiger partial charge in [-0.25, -0.2) is 15.0 Å². The first kappa shape index (κ1) is 32.6. The maximum Gasteiger partial charge on any atom is 0.167 e. The molecule has 0 fully saturated rings. The van der Waals surface area contributed by atoms with Crippen molar-refractivity contribution in [3.63, 3.8) is 0 Å². The lowest BCUT2D eigenvalue weighted by Gasteiger charge is -2.16. The van der Waals surface area contributed by atoms with Crippen LogP contribution >= 0.6 is 0 Å². The van der Waals surface area contributed by atoms with Crippen molar-refractivity contribution in [2.75, 3.05) is 0 Å². The number of rotatable bonds is 5. The van der Waals surface area contributed by atoms with E-state index in [1.54, 1.807) is 0 Å². The largest absolute Gasteiger partial charge is 0.456 e. The van der Waals surface area contributed by atoms with Gasteiger partial charge in [0.15, 0.2) is 17.5 Å². The molecule has 0 unspecified atom stereocenters. The van der Waals surface area contributed by atoms with Crippen LogP contribution < -0.4 is 0 Å². The number of aryl methyl sites for hydroxylation is 1. The molecule has 0 aliphatic heterocycles. The van der Waals surface area contributed by atoms with E-state index in [1.165, 1.54) is 16.5 Å². The Balaban J connectivity index is 1.06. The first-order valence-electron chi connectivity index (χ1n) is 19.7. The molecule has 8 aromatic carbocycles. The molecule has 0 amide bonds. The molecule has 0 atom stereocenters. The standard InChI is InChI=1S/C53H33N3O2/c1-2-12-32(13-3-1)35-26-29-47-45(31-35)49-41(19-11-23-48(49)57-47)39-27-28-43(38-17-7-6-16-37(38)39)52-54-51(36-25-24-33-14-4-5-15-34(33)30-36)55-53(56-52)44-21-10-20-42-40-18-8-9-22-46(40)58-50(42)44/h1-9,11-19,21-31H,10,20H2. The monoisotopic (exact) mass is 743 g/mol. The lowest BCUT2D eigenvalue weighted by Crippen LogP contribution is -2.06. The highest BCUT2D eigenvalue weighted by atomic mass is 16.3. The predicted molar refractivity (Wildman–Crippen MR) is 235 cm³/mol. The third-order valence-corrected chi connectivity index (χ3v) is 11.6. The van der Waals surface area contributed by atoms with Gasteiger partial charge in [-0.1, -0.05) is 140 Å². The molecular formula is C53H33N3O2. The number of hydrogen-bond donors (Lipinski definition) is 0. The van der Waals surface area contributed by atoms with Crippen LogP contribution in [0, 0.1) is 0 Å². The minimum Gasteiger partial charge on any atom is -0.456 e. The molecule has 58 heavy (non-hydrogen) atoms. The fourth-order valence-corrected chi connectivity index (χ4v) is 8.88. The summed E-state index contributed by atoms with van der Waals surface area (Å²) < 4.78 is 13.0. The first-order valence-corrected chi connectivity index (χ1v) is 19.7. The maximum absolute atomic E-state index is 6.56. The topological polar surface area (TPSA) is 65.0 Å². The molecule has 1 aliphatic rings. The van der Waals surface area contributed by atoms with Crippen LogP contribution in [0.25, 0.3) is 105 Å². The van der Waals surface area contributed by atoms with Gasteiger partial charge in [-0.2, -0.15) is 0 Å². The Morgan fingerprint density at radius 1 is 0.397 bits per heavy atom. The third-order valence-electron chi connectivity index (χ3n) is 11.6. The zero-order valence-corrected chi connectivity index (χ0v) is 31.3. The van der Waals surface area contributed by atoms with Gasteiger partial charge >= 0.3 is 0 Å². The summed E-state index contributed by atoms with van der Waals surface area (Å²) in [6, 6.07) is 59.3. The van der Waals surface area contributed by atoms with Crippen molar-refractivity contribution < 1.29 is 8.83 Å². The number of benzene rings is 8. The van der Waals surface area contributed by atoms with Gasteiger partial charge < -0.3 is 8.83 Å². The molecule has 0 spiro atoms. The predicted octanol–water partition coefficient (Wildman–Crippen LogP) is 13.9. The van der Waals surface area contributed by atoms with Gasteiger partial charge in [-0.15, -0.1) is 0 Å². The van der Waals surface area contributed by atoms with Crippen molar-refractivity contribution in [2.24, 2.45) is 0 Å². The zero-order chi connectivity index (χ0) is 38.2. The summed E-state index contributed by atoms with van der Waals surface area (Å²) in [6.07, 6.45) is 3.99. The molecule has 12 rings (SSSR count). The molecule has 0 saturated heterocycles. The van der Waals surface area contributed by atoms with Crippen LogP contribution in [-0.2, 0) is 6.42 Å². The molecule has 3 heterocycles. The van der Waals surface area contributed by atoms with Crippen LogP contribution in [0.4, 0.5) is 0 Å². The molecule has 5 nitrogen and oxygen atoms in total. The minimum atomic E-state index is 0.602. The molecular weight excluding hydrogens is 711 g/mol. The highest BCUT2D eigenvalue weighted by molar-refractivity contribution is 6.17. The van der Waals surface area contributed by atoms with Gasteiger partial charge in [0.25, 0.3) is 0 Å². The Bertz CT molecular complexity index is 3470. The molecule has 11 aromatic rings. The average Bonchev–Trinajstić information content (AvgIpc) is 3.87. The lowest BCUT2D eigenvalue weighted by molar-refractivity contribution is 0.590. The zero-order valence-electron chi connectivity index (χ0n) is 31.3. The van der Waals surface area contributed by atoms with Crippen LogP contribution in [0.2, 0.25) is 0 Å². The molecule has 0 N–H and O–H groups in total. The maximum atomic E-state index is 6.56. The number of allylic oxidation sites excluding steroid dienone is 1. The normalized spacial score (nSPS) is 12.8. The number of nitrogens with zero attached hydrogens (tertiary/aromatic N) is 3. The summed E-state index contributed by atoms with van der Waals surface area (Å²) in [5, 5.41) is 7.79. The summed E-state index contributed by atoms with van der Waals surface area (Å²) in [6.45, 7) is 0. The summed E-state index contributed by atoms with van der Waals surface area (Å²) in [5.74, 6) is 2.67. The highest BCUT2D eigenvalue weighted by Gasteiger charge is 2.26. The second-order valence-electron chi connectivity index (χ2n) is 15.0. The Morgan fingerprint density at radius 2 is 1.09 bits per heavy atom. The van der Waals surface area contributed by atoms with E-state index in [0.717, 1.165) is 101 Å². The third kappa shape index (κ3) is 5.21. The van der Waals surface area contributed by atoms with E-state index < -0.39 is 0 Å². The summed E-state index contributed by atoms with van der Waals surface area (Å²) in [4.78, 5) is 15.7. The van der Waals surface area contributed by atoms with Crippen LogP contribution in [0.5, 0.6) is 0 Å². The minimum absolute atomic E-state index is 0.602. The Morgan fingerprint density at radius 3 is 1.98 bits per heavy atom. The second-order valence-corrected chi connectivity index (χ2v) is 15.0. The second kappa shape index (κ2) is 13.0. The van der Waals surface area contributed by atoms with Crippen LogP contribution in [0.3, 0.4) is 0 Å². The number of para-hydroxylation sites is 1. The fourth-order valence-electron chi connectivity index (χ4n) is 8.88. The van der Waals surface area contributed by atoms with Crippen molar-refractivity contribution in [3.05, 3.63) is 193 Å². The molecule has 272 valence electrons. The average molecular weight is 744 g/mol. The van der Waals surface area contributed by atoms with Gasteiger partial charge in [0.2, 0.25) is 0 Å². The van der Waals surface area contributed by atoms with Gasteiger partial charge in [0, 0.05) is 32.8 Å². The molecule has 0 radical (unpaired) electrons. The van der Waals surface area contributed by atoms with Crippen molar-refractivity contribution in [3.8, 4) is 45.0 Å². The number of furan rings is 2. The summed E-state index contributed by atoms with van der Waals surface area (Å²) in [5.41, 5.74) is 11.1. The van der Waals surface area contributed by atoms with Gasteiger partial charge in [-0.05, 0) is 93.0 Å². The Kier molecular flexibility index (Phi) is 7.29. The Hall–Kier alpha value is -7.63. The van der Waals surface area contributed by atoms with Gasteiger partial charge in [0.1, 0.15) is 22.5 Å².